The van der Waals surface area contributed by atoms with Crippen molar-refractivity contribution in [1.82, 2.24) is 19.7 Å². The average Bonchev–Trinajstić information content (AvgIpc) is 2.78. The van der Waals surface area contributed by atoms with Crippen LogP contribution in [-0.2, 0) is 13.0 Å². The molecule has 0 amide bonds. The molecule has 1 unspecified atom stereocenters. The van der Waals surface area contributed by atoms with Gasteiger partial charge >= 0.3 is 0 Å². The van der Waals surface area contributed by atoms with Crippen molar-refractivity contribution < 1.29 is 5.11 Å². The van der Waals surface area contributed by atoms with Crippen molar-refractivity contribution >= 4 is 0 Å². The molecule has 1 atom stereocenters. The first kappa shape index (κ1) is 16.1. The Balaban J connectivity index is 2.77. The molecule has 0 radical (unpaired) electrons. The largest absolute Gasteiger partial charge is 0.391 e. The molecule has 0 saturated heterocycles. The molecule has 0 aromatic carbocycles. The molecule has 1 heterocycles. The molecule has 1 rings (SSSR count). The molecule has 0 aliphatic carbocycles. The smallest absolute Gasteiger partial charge is 0.138 e. The Morgan fingerprint density at radius 3 is 2.47 bits per heavy atom. The molecule has 0 aliphatic rings. The van der Waals surface area contributed by atoms with E-state index in [9.17, 15) is 5.11 Å². The van der Waals surface area contributed by atoms with E-state index in [1.54, 1.807) is 6.33 Å². The fourth-order valence-electron chi connectivity index (χ4n) is 2.52. The van der Waals surface area contributed by atoms with Crippen LogP contribution in [0, 0.1) is 0 Å². The zero-order valence-corrected chi connectivity index (χ0v) is 12.9. The first-order chi connectivity index (χ1) is 8.97. The van der Waals surface area contributed by atoms with Gasteiger partial charge in [-0.2, -0.15) is 5.10 Å². The van der Waals surface area contributed by atoms with Crippen LogP contribution in [0.15, 0.2) is 6.33 Å². The highest BCUT2D eigenvalue weighted by atomic mass is 16.3. The van der Waals surface area contributed by atoms with E-state index >= 15 is 0 Å². The lowest BCUT2D eigenvalue weighted by Gasteiger charge is -2.40. The standard InChI is InChI=1S/C14H28N4O/c1-6-9-18-13(15-11-16-18)10-12(19)14(4,5)17(7-2)8-3/h11-12,19H,6-10H2,1-5H3. The second-order valence-electron chi connectivity index (χ2n) is 5.45. The maximum atomic E-state index is 10.6. The molecule has 5 nitrogen and oxygen atoms in total. The molecular formula is C14H28N4O. The van der Waals surface area contributed by atoms with Gasteiger partial charge in [0.2, 0.25) is 0 Å². The van der Waals surface area contributed by atoms with Crippen LogP contribution in [0.4, 0.5) is 0 Å². The van der Waals surface area contributed by atoms with E-state index in [4.69, 9.17) is 0 Å². The molecular weight excluding hydrogens is 240 g/mol. The number of hydrogen-bond acceptors (Lipinski definition) is 4. The zero-order valence-electron chi connectivity index (χ0n) is 12.9. The van der Waals surface area contributed by atoms with Gasteiger partial charge in [0.1, 0.15) is 12.2 Å². The fraction of sp³-hybridized carbons (Fsp3) is 0.857. The molecule has 0 saturated carbocycles. The number of aliphatic hydroxyl groups excluding tert-OH is 1. The molecule has 19 heavy (non-hydrogen) atoms. The van der Waals surface area contributed by atoms with Crippen LogP contribution in [0.2, 0.25) is 0 Å². The Hall–Kier alpha value is -0.940. The number of likely N-dealkylation sites (N-methyl/N-ethyl adjacent to an activating group) is 1. The SMILES string of the molecule is CCCn1ncnc1CC(O)C(C)(C)N(CC)CC. The number of nitrogens with zero attached hydrogens (tertiary/aromatic N) is 4. The number of aryl methyl sites for hydroxylation is 1. The van der Waals surface area contributed by atoms with Gasteiger partial charge in [0, 0.05) is 18.5 Å². The Morgan fingerprint density at radius 1 is 1.32 bits per heavy atom. The summed E-state index contributed by atoms with van der Waals surface area (Å²) in [5.74, 6) is 0.870. The zero-order chi connectivity index (χ0) is 14.5. The van der Waals surface area contributed by atoms with Gasteiger partial charge in [-0.3, -0.25) is 9.58 Å². The van der Waals surface area contributed by atoms with Gasteiger partial charge in [-0.05, 0) is 33.4 Å². The minimum absolute atomic E-state index is 0.257. The highest BCUT2D eigenvalue weighted by Gasteiger charge is 2.33. The lowest BCUT2D eigenvalue weighted by molar-refractivity contribution is -0.00570. The number of aromatic nitrogens is 3. The van der Waals surface area contributed by atoms with Crippen LogP contribution in [-0.4, -0.2) is 49.5 Å². The highest BCUT2D eigenvalue weighted by Crippen LogP contribution is 2.21. The summed E-state index contributed by atoms with van der Waals surface area (Å²) in [4.78, 5) is 6.55. The Kier molecular flexibility index (Phi) is 5.94. The third kappa shape index (κ3) is 3.76. The average molecular weight is 268 g/mol. The molecule has 1 N–H and O–H groups in total. The van der Waals surface area contributed by atoms with Gasteiger partial charge in [0.15, 0.2) is 0 Å². The van der Waals surface area contributed by atoms with Crippen LogP contribution < -0.4 is 0 Å². The topological polar surface area (TPSA) is 54.2 Å². The van der Waals surface area contributed by atoms with E-state index in [2.05, 4.69) is 49.6 Å². The van der Waals surface area contributed by atoms with E-state index in [0.717, 1.165) is 31.9 Å². The van der Waals surface area contributed by atoms with Gasteiger partial charge < -0.3 is 5.11 Å². The van der Waals surface area contributed by atoms with Crippen LogP contribution in [0.3, 0.4) is 0 Å². The fourth-order valence-corrected chi connectivity index (χ4v) is 2.52. The maximum absolute atomic E-state index is 10.6. The summed E-state index contributed by atoms with van der Waals surface area (Å²) in [5, 5.41) is 14.8. The third-order valence-corrected chi connectivity index (χ3v) is 3.90. The predicted octanol–water partition coefficient (Wildman–Crippen LogP) is 1.71. The summed E-state index contributed by atoms with van der Waals surface area (Å²) in [6.45, 7) is 13.3. The summed E-state index contributed by atoms with van der Waals surface area (Å²) in [7, 11) is 0. The minimum atomic E-state index is -0.452. The van der Waals surface area contributed by atoms with Crippen molar-refractivity contribution in [3.8, 4) is 0 Å². The monoisotopic (exact) mass is 268 g/mol. The van der Waals surface area contributed by atoms with E-state index in [1.807, 2.05) is 4.68 Å². The lowest BCUT2D eigenvalue weighted by Crippen LogP contribution is -2.53. The van der Waals surface area contributed by atoms with Crippen LogP contribution in [0.25, 0.3) is 0 Å². The maximum Gasteiger partial charge on any atom is 0.138 e. The molecule has 0 fully saturated rings. The number of aliphatic hydroxyl groups is 1. The van der Waals surface area contributed by atoms with Crippen molar-refractivity contribution in [2.75, 3.05) is 13.1 Å². The van der Waals surface area contributed by atoms with Crippen molar-refractivity contribution in [2.24, 2.45) is 0 Å². The summed E-state index contributed by atoms with van der Waals surface area (Å²) in [6.07, 6.45) is 2.68. The summed E-state index contributed by atoms with van der Waals surface area (Å²) < 4.78 is 1.89. The van der Waals surface area contributed by atoms with E-state index < -0.39 is 6.10 Å². The van der Waals surface area contributed by atoms with Crippen LogP contribution >= 0.6 is 0 Å². The Morgan fingerprint density at radius 2 is 1.95 bits per heavy atom. The molecule has 1 aromatic heterocycles. The van der Waals surface area contributed by atoms with E-state index in [0.29, 0.717) is 6.42 Å². The summed E-state index contributed by atoms with van der Waals surface area (Å²) in [5.41, 5.74) is -0.257. The van der Waals surface area contributed by atoms with Gasteiger partial charge in [0.05, 0.1) is 6.10 Å². The first-order valence-electron chi connectivity index (χ1n) is 7.27. The molecule has 110 valence electrons. The van der Waals surface area contributed by atoms with Gasteiger partial charge in [-0.25, -0.2) is 4.98 Å². The van der Waals surface area contributed by atoms with E-state index in [-0.39, 0.29) is 5.54 Å². The second kappa shape index (κ2) is 7.01. The second-order valence-corrected chi connectivity index (χ2v) is 5.45. The molecule has 1 aromatic rings. The molecule has 5 heteroatoms. The van der Waals surface area contributed by atoms with Crippen LogP contribution in [0.1, 0.15) is 46.9 Å². The predicted molar refractivity (Wildman–Crippen MR) is 77.0 cm³/mol. The molecule has 0 aliphatic heterocycles. The number of rotatable bonds is 8. The highest BCUT2D eigenvalue weighted by molar-refractivity contribution is 4.96. The van der Waals surface area contributed by atoms with Gasteiger partial charge in [0.25, 0.3) is 0 Å². The molecule has 0 bridgehead atoms. The van der Waals surface area contributed by atoms with E-state index in [1.165, 1.54) is 0 Å². The van der Waals surface area contributed by atoms with Crippen LogP contribution in [0.5, 0.6) is 0 Å². The normalized spacial score (nSPS) is 14.1. The van der Waals surface area contributed by atoms with Crippen molar-refractivity contribution in [3.63, 3.8) is 0 Å². The minimum Gasteiger partial charge on any atom is -0.391 e. The Labute approximate surface area is 116 Å². The third-order valence-electron chi connectivity index (χ3n) is 3.90. The van der Waals surface area contributed by atoms with Crippen molar-refractivity contribution in [2.45, 2.75) is 65.6 Å². The van der Waals surface area contributed by atoms with Gasteiger partial charge in [-0.15, -0.1) is 0 Å². The Bertz CT molecular complexity index is 371. The number of hydrogen-bond donors (Lipinski definition) is 1. The summed E-state index contributed by atoms with van der Waals surface area (Å²) >= 11 is 0. The molecule has 0 spiro atoms. The summed E-state index contributed by atoms with van der Waals surface area (Å²) in [6, 6.07) is 0. The quantitative estimate of drug-likeness (QED) is 0.780. The van der Waals surface area contributed by atoms with Gasteiger partial charge in [-0.1, -0.05) is 20.8 Å². The first-order valence-corrected chi connectivity index (χ1v) is 7.27. The van der Waals surface area contributed by atoms with Crippen molar-refractivity contribution in [1.29, 1.82) is 0 Å². The van der Waals surface area contributed by atoms with Crippen molar-refractivity contribution in [3.05, 3.63) is 12.2 Å². The lowest BCUT2D eigenvalue weighted by atomic mass is 9.92.